The van der Waals surface area contributed by atoms with Crippen molar-refractivity contribution < 1.29 is 28.5 Å². The first kappa shape index (κ1) is 29.3. The molecule has 1 heterocycles. The standard InChI is InChI=1S/C32H26BrN3O7/c1-39-26-15-19(9-14-25(26)43-32(38)21-16-27(40-2)29(42-4)28(17-21)41-3)18-34-36-30(20-10-12-22(33)13-11-20)35-24-8-6-5-7-23(24)31(36)37/h5-18H,1-4H3. The molecule has 11 heteroatoms. The van der Waals surface area contributed by atoms with Gasteiger partial charge in [0, 0.05) is 10.0 Å². The van der Waals surface area contributed by atoms with E-state index in [2.05, 4.69) is 21.0 Å². The van der Waals surface area contributed by atoms with Crippen LogP contribution < -0.4 is 29.2 Å². The third-order valence-electron chi connectivity index (χ3n) is 6.47. The monoisotopic (exact) mass is 643 g/mol. The number of nitrogens with zero attached hydrogens (tertiary/aromatic N) is 3. The highest BCUT2D eigenvalue weighted by atomic mass is 79.9. The minimum Gasteiger partial charge on any atom is -0.493 e. The van der Waals surface area contributed by atoms with Gasteiger partial charge in [-0.2, -0.15) is 9.78 Å². The average Bonchev–Trinajstić information content (AvgIpc) is 3.04. The first-order chi connectivity index (χ1) is 20.9. The average molecular weight is 644 g/mol. The summed E-state index contributed by atoms with van der Waals surface area (Å²) < 4.78 is 29.3. The number of aromatic nitrogens is 2. The summed E-state index contributed by atoms with van der Waals surface area (Å²) in [7, 11) is 5.85. The van der Waals surface area contributed by atoms with E-state index in [0.717, 1.165) is 10.0 Å². The van der Waals surface area contributed by atoms with Crippen LogP contribution in [0.15, 0.2) is 93.2 Å². The van der Waals surface area contributed by atoms with E-state index in [0.29, 0.717) is 39.5 Å². The van der Waals surface area contributed by atoms with Gasteiger partial charge in [-0.1, -0.05) is 40.2 Å². The number of para-hydroxylation sites is 1. The molecule has 0 unspecified atom stereocenters. The van der Waals surface area contributed by atoms with Crippen LogP contribution in [-0.4, -0.2) is 50.3 Å². The molecule has 0 amide bonds. The van der Waals surface area contributed by atoms with E-state index in [9.17, 15) is 9.59 Å². The van der Waals surface area contributed by atoms with Crippen LogP contribution in [-0.2, 0) is 0 Å². The predicted octanol–water partition coefficient (Wildman–Crippen LogP) is 5.96. The number of carbonyl (C=O) groups excluding carboxylic acids is 1. The minimum absolute atomic E-state index is 0.179. The van der Waals surface area contributed by atoms with Crippen molar-refractivity contribution in [3.63, 3.8) is 0 Å². The van der Waals surface area contributed by atoms with Gasteiger partial charge in [-0.3, -0.25) is 4.79 Å². The van der Waals surface area contributed by atoms with Crippen molar-refractivity contribution in [2.24, 2.45) is 5.10 Å². The Balaban J connectivity index is 1.48. The lowest BCUT2D eigenvalue weighted by molar-refractivity contribution is 0.0728. The fraction of sp³-hybridized carbons (Fsp3) is 0.125. The number of benzene rings is 4. The second-order valence-corrected chi connectivity index (χ2v) is 9.95. The molecule has 0 aliphatic heterocycles. The number of hydrogen-bond donors (Lipinski definition) is 0. The van der Waals surface area contributed by atoms with Crippen LogP contribution in [0.2, 0.25) is 0 Å². The van der Waals surface area contributed by atoms with Gasteiger partial charge in [0.15, 0.2) is 28.8 Å². The Hall–Kier alpha value is -5.16. The van der Waals surface area contributed by atoms with Crippen LogP contribution in [0.25, 0.3) is 22.3 Å². The van der Waals surface area contributed by atoms with Crippen molar-refractivity contribution >= 4 is 39.0 Å². The Kier molecular flexibility index (Phi) is 8.72. The van der Waals surface area contributed by atoms with Gasteiger partial charge in [-0.15, -0.1) is 0 Å². The summed E-state index contributed by atoms with van der Waals surface area (Å²) in [5.41, 5.74) is 1.74. The van der Waals surface area contributed by atoms with E-state index < -0.39 is 5.97 Å². The Bertz CT molecular complexity index is 1880. The van der Waals surface area contributed by atoms with Gasteiger partial charge in [0.25, 0.3) is 5.56 Å². The molecular formula is C32H26BrN3O7. The molecule has 0 spiro atoms. The van der Waals surface area contributed by atoms with Gasteiger partial charge >= 0.3 is 5.97 Å². The summed E-state index contributed by atoms with van der Waals surface area (Å²) in [5, 5.41) is 4.93. The normalized spacial score (nSPS) is 11.0. The SMILES string of the molecule is COc1cc(C=Nn2c(-c3ccc(Br)cc3)nc3ccccc3c2=O)ccc1OC(=O)c1cc(OC)c(OC)c(OC)c1. The zero-order chi connectivity index (χ0) is 30.5. The molecule has 5 rings (SSSR count). The van der Waals surface area contributed by atoms with Crippen molar-refractivity contribution in [3.05, 3.63) is 105 Å². The van der Waals surface area contributed by atoms with E-state index in [1.54, 1.807) is 36.4 Å². The van der Waals surface area contributed by atoms with Crippen LogP contribution in [0.3, 0.4) is 0 Å². The summed E-state index contributed by atoms with van der Waals surface area (Å²) in [6, 6.07) is 22.4. The fourth-order valence-electron chi connectivity index (χ4n) is 4.35. The van der Waals surface area contributed by atoms with E-state index in [1.165, 1.54) is 51.5 Å². The van der Waals surface area contributed by atoms with Crippen molar-refractivity contribution in [1.82, 2.24) is 9.66 Å². The molecule has 0 bridgehead atoms. The number of halogens is 1. The lowest BCUT2D eigenvalue weighted by Gasteiger charge is -2.14. The number of ether oxygens (including phenoxy) is 5. The Morgan fingerprint density at radius 1 is 0.814 bits per heavy atom. The molecule has 0 atom stereocenters. The van der Waals surface area contributed by atoms with E-state index in [1.807, 2.05) is 30.3 Å². The van der Waals surface area contributed by atoms with Crippen molar-refractivity contribution in [1.29, 1.82) is 0 Å². The first-order valence-corrected chi connectivity index (χ1v) is 13.7. The number of rotatable bonds is 9. The van der Waals surface area contributed by atoms with Crippen LogP contribution in [0.5, 0.6) is 28.7 Å². The van der Waals surface area contributed by atoms with Gasteiger partial charge < -0.3 is 23.7 Å². The molecule has 43 heavy (non-hydrogen) atoms. The quantitative estimate of drug-likeness (QED) is 0.110. The number of hydrogen-bond acceptors (Lipinski definition) is 9. The maximum absolute atomic E-state index is 13.5. The van der Waals surface area contributed by atoms with Crippen LogP contribution in [0.1, 0.15) is 15.9 Å². The topological polar surface area (TPSA) is 110 Å². The number of carbonyl (C=O) groups is 1. The van der Waals surface area contributed by atoms with Gasteiger partial charge in [0.05, 0.1) is 51.1 Å². The lowest BCUT2D eigenvalue weighted by atomic mass is 10.1. The molecule has 218 valence electrons. The Morgan fingerprint density at radius 3 is 2.14 bits per heavy atom. The highest BCUT2D eigenvalue weighted by Gasteiger charge is 2.20. The van der Waals surface area contributed by atoms with Gasteiger partial charge in [-0.25, -0.2) is 9.78 Å². The lowest BCUT2D eigenvalue weighted by Crippen LogP contribution is -2.20. The zero-order valence-corrected chi connectivity index (χ0v) is 25.2. The van der Waals surface area contributed by atoms with E-state index in [4.69, 9.17) is 28.7 Å². The van der Waals surface area contributed by atoms with Crippen LogP contribution in [0.4, 0.5) is 0 Å². The summed E-state index contributed by atoms with van der Waals surface area (Å²) in [5.74, 6) is 1.16. The molecule has 4 aromatic carbocycles. The third-order valence-corrected chi connectivity index (χ3v) is 7.00. The number of esters is 1. The molecule has 1 aromatic heterocycles. The molecule has 0 N–H and O–H groups in total. The van der Waals surface area contributed by atoms with Crippen molar-refractivity contribution in [2.45, 2.75) is 0 Å². The van der Waals surface area contributed by atoms with Gasteiger partial charge in [0.1, 0.15) is 0 Å². The van der Waals surface area contributed by atoms with E-state index in [-0.39, 0.29) is 22.6 Å². The molecular weight excluding hydrogens is 618 g/mol. The molecule has 0 aliphatic rings. The van der Waals surface area contributed by atoms with Crippen molar-refractivity contribution in [3.8, 4) is 40.1 Å². The summed E-state index contributed by atoms with van der Waals surface area (Å²) in [6.07, 6.45) is 1.51. The summed E-state index contributed by atoms with van der Waals surface area (Å²) in [6.45, 7) is 0. The first-order valence-electron chi connectivity index (χ1n) is 12.9. The minimum atomic E-state index is -0.660. The molecule has 0 saturated heterocycles. The third kappa shape index (κ3) is 6.07. The maximum Gasteiger partial charge on any atom is 0.343 e. The molecule has 0 aliphatic carbocycles. The largest absolute Gasteiger partial charge is 0.493 e. The molecule has 0 radical (unpaired) electrons. The van der Waals surface area contributed by atoms with Crippen LogP contribution >= 0.6 is 15.9 Å². The number of methoxy groups -OCH3 is 4. The Morgan fingerprint density at radius 2 is 1.49 bits per heavy atom. The fourth-order valence-corrected chi connectivity index (χ4v) is 4.61. The van der Waals surface area contributed by atoms with Crippen LogP contribution in [0, 0.1) is 0 Å². The van der Waals surface area contributed by atoms with Gasteiger partial charge in [-0.05, 0) is 60.2 Å². The highest BCUT2D eigenvalue weighted by molar-refractivity contribution is 9.10. The summed E-state index contributed by atoms with van der Waals surface area (Å²) in [4.78, 5) is 31.2. The van der Waals surface area contributed by atoms with E-state index >= 15 is 0 Å². The Labute approximate surface area is 255 Å². The second kappa shape index (κ2) is 12.8. The predicted molar refractivity (Wildman–Crippen MR) is 166 cm³/mol. The molecule has 5 aromatic rings. The van der Waals surface area contributed by atoms with Gasteiger partial charge in [0.2, 0.25) is 5.75 Å². The zero-order valence-electron chi connectivity index (χ0n) is 23.7. The smallest absolute Gasteiger partial charge is 0.343 e. The second-order valence-electron chi connectivity index (χ2n) is 9.03. The van der Waals surface area contributed by atoms with Crippen molar-refractivity contribution in [2.75, 3.05) is 28.4 Å². The highest BCUT2D eigenvalue weighted by Crippen LogP contribution is 2.39. The molecule has 10 nitrogen and oxygen atoms in total. The maximum atomic E-state index is 13.5. The molecule has 0 saturated carbocycles. The number of fused-ring (bicyclic) bond motifs is 1. The summed E-state index contributed by atoms with van der Waals surface area (Å²) >= 11 is 3.44. The molecule has 0 fully saturated rings.